The van der Waals surface area contributed by atoms with Crippen molar-refractivity contribution in [2.75, 3.05) is 0 Å². The van der Waals surface area contributed by atoms with Crippen LogP contribution in [0.5, 0.6) is 0 Å². The van der Waals surface area contributed by atoms with E-state index >= 15 is 0 Å². The van der Waals surface area contributed by atoms with Crippen LogP contribution >= 0.6 is 12.2 Å². The van der Waals surface area contributed by atoms with Crippen molar-refractivity contribution in [3.63, 3.8) is 0 Å². The van der Waals surface area contributed by atoms with Gasteiger partial charge in [-0.2, -0.15) is 0 Å². The Kier molecular flexibility index (Phi) is 2.08. The second-order valence-electron chi connectivity index (χ2n) is 3.12. The lowest BCUT2D eigenvalue weighted by Crippen LogP contribution is -2.31. The van der Waals surface area contributed by atoms with Crippen molar-refractivity contribution < 1.29 is 4.39 Å². The predicted octanol–water partition coefficient (Wildman–Crippen LogP) is 0.571. The lowest BCUT2D eigenvalue weighted by molar-refractivity contribution is 0.630. The molecular formula is C9H8FN3OS. The van der Waals surface area contributed by atoms with Crippen molar-refractivity contribution in [1.82, 2.24) is 9.13 Å². The summed E-state index contributed by atoms with van der Waals surface area (Å²) in [5.74, 6) is -0.470. The quantitative estimate of drug-likeness (QED) is 0.667. The Labute approximate surface area is 89.7 Å². The number of benzene rings is 1. The van der Waals surface area contributed by atoms with Gasteiger partial charge in [-0.1, -0.05) is 6.07 Å². The van der Waals surface area contributed by atoms with E-state index in [0.29, 0.717) is 5.52 Å². The largest absolute Gasteiger partial charge is 0.375 e. The summed E-state index contributed by atoms with van der Waals surface area (Å²) in [5.41, 5.74) is 5.55. The first-order chi connectivity index (χ1) is 7.04. The SMILES string of the molecule is Cn1c(=O)n(C(N)=S)c2cccc(F)c21. The van der Waals surface area contributed by atoms with Crippen molar-refractivity contribution in [1.29, 1.82) is 0 Å². The van der Waals surface area contributed by atoms with Crippen LogP contribution in [0.1, 0.15) is 0 Å². The second-order valence-corrected chi connectivity index (χ2v) is 3.54. The molecule has 78 valence electrons. The molecule has 0 radical (unpaired) electrons. The molecule has 1 aromatic heterocycles. The third kappa shape index (κ3) is 1.25. The van der Waals surface area contributed by atoms with Crippen molar-refractivity contribution in [2.24, 2.45) is 12.8 Å². The van der Waals surface area contributed by atoms with E-state index in [0.717, 1.165) is 4.57 Å². The summed E-state index contributed by atoms with van der Waals surface area (Å²) in [6, 6.07) is 4.39. The first kappa shape index (κ1) is 9.85. The van der Waals surface area contributed by atoms with Gasteiger partial charge in [-0.15, -0.1) is 0 Å². The minimum Gasteiger partial charge on any atom is -0.375 e. The van der Waals surface area contributed by atoms with Gasteiger partial charge in [-0.05, 0) is 24.4 Å². The number of aryl methyl sites for hydroxylation is 1. The predicted molar refractivity (Wildman–Crippen MR) is 59.3 cm³/mol. The maximum Gasteiger partial charge on any atom is 0.335 e. The van der Waals surface area contributed by atoms with Crippen LogP contribution in [0, 0.1) is 5.82 Å². The number of thiocarbonyl (C=S) groups is 1. The van der Waals surface area contributed by atoms with E-state index in [-0.39, 0.29) is 10.6 Å². The van der Waals surface area contributed by atoms with Gasteiger partial charge in [0.15, 0.2) is 5.11 Å². The molecule has 2 aromatic rings. The highest BCUT2D eigenvalue weighted by atomic mass is 32.1. The van der Waals surface area contributed by atoms with Crippen molar-refractivity contribution in [3.8, 4) is 0 Å². The molecule has 0 spiro atoms. The average Bonchev–Trinajstić information content (AvgIpc) is 2.41. The van der Waals surface area contributed by atoms with Crippen LogP contribution in [-0.2, 0) is 7.05 Å². The summed E-state index contributed by atoms with van der Waals surface area (Å²) in [4.78, 5) is 11.7. The topological polar surface area (TPSA) is 53.0 Å². The van der Waals surface area contributed by atoms with Crippen LogP contribution in [-0.4, -0.2) is 14.2 Å². The molecule has 2 rings (SSSR count). The summed E-state index contributed by atoms with van der Waals surface area (Å²) >= 11 is 4.74. The van der Waals surface area contributed by atoms with Gasteiger partial charge in [0.25, 0.3) is 0 Å². The summed E-state index contributed by atoms with van der Waals surface area (Å²) in [5, 5.41) is -0.0869. The van der Waals surface area contributed by atoms with E-state index in [9.17, 15) is 9.18 Å². The Morgan fingerprint density at radius 2 is 2.20 bits per heavy atom. The minimum atomic E-state index is -0.470. The second kappa shape index (κ2) is 3.16. The Morgan fingerprint density at radius 3 is 2.80 bits per heavy atom. The third-order valence-electron chi connectivity index (χ3n) is 2.24. The first-order valence-corrected chi connectivity index (χ1v) is 4.60. The van der Waals surface area contributed by atoms with Crippen LogP contribution < -0.4 is 11.4 Å². The zero-order valence-electron chi connectivity index (χ0n) is 7.90. The molecule has 1 aromatic carbocycles. The van der Waals surface area contributed by atoms with Gasteiger partial charge in [0.05, 0.1) is 5.52 Å². The number of fused-ring (bicyclic) bond motifs is 1. The van der Waals surface area contributed by atoms with E-state index in [4.69, 9.17) is 18.0 Å². The lowest BCUT2D eigenvalue weighted by Gasteiger charge is -1.97. The molecule has 1 heterocycles. The Morgan fingerprint density at radius 1 is 1.53 bits per heavy atom. The van der Waals surface area contributed by atoms with Gasteiger partial charge in [0, 0.05) is 7.05 Å². The average molecular weight is 225 g/mol. The number of imidazole rings is 1. The number of para-hydroxylation sites is 1. The van der Waals surface area contributed by atoms with E-state index in [2.05, 4.69) is 0 Å². The summed E-state index contributed by atoms with van der Waals surface area (Å²) in [6.45, 7) is 0. The van der Waals surface area contributed by atoms with E-state index in [1.54, 1.807) is 6.07 Å². The van der Waals surface area contributed by atoms with Crippen LogP contribution in [0.15, 0.2) is 23.0 Å². The Balaban J connectivity index is 3.07. The highest BCUT2D eigenvalue weighted by molar-refractivity contribution is 7.80. The van der Waals surface area contributed by atoms with Gasteiger partial charge in [-0.25, -0.2) is 13.8 Å². The maximum absolute atomic E-state index is 13.4. The van der Waals surface area contributed by atoms with Gasteiger partial charge in [0.1, 0.15) is 11.3 Å². The highest BCUT2D eigenvalue weighted by Crippen LogP contribution is 2.15. The molecule has 0 unspecified atom stereocenters. The molecule has 0 fully saturated rings. The maximum atomic E-state index is 13.4. The molecule has 15 heavy (non-hydrogen) atoms. The fourth-order valence-electron chi connectivity index (χ4n) is 1.58. The molecule has 0 aliphatic carbocycles. The van der Waals surface area contributed by atoms with Crippen LogP contribution in [0.3, 0.4) is 0 Å². The zero-order valence-corrected chi connectivity index (χ0v) is 8.71. The van der Waals surface area contributed by atoms with E-state index in [1.807, 2.05) is 0 Å². The number of aromatic nitrogens is 2. The molecule has 2 N–H and O–H groups in total. The van der Waals surface area contributed by atoms with Crippen molar-refractivity contribution in [3.05, 3.63) is 34.5 Å². The van der Waals surface area contributed by atoms with Gasteiger partial charge in [-0.3, -0.25) is 4.57 Å². The van der Waals surface area contributed by atoms with E-state index < -0.39 is 11.5 Å². The van der Waals surface area contributed by atoms with Crippen molar-refractivity contribution in [2.45, 2.75) is 0 Å². The van der Waals surface area contributed by atoms with E-state index in [1.165, 1.54) is 23.7 Å². The molecule has 0 amide bonds. The molecule has 6 heteroatoms. The molecular weight excluding hydrogens is 217 g/mol. The standard InChI is InChI=1S/C9H8FN3OS/c1-12-7-5(10)3-2-4-6(7)13(8(11)15)9(12)14/h2-4H,1H3,(H2,11,15). The Bertz CT molecular complexity index is 614. The van der Waals surface area contributed by atoms with Gasteiger partial charge in [0.2, 0.25) is 0 Å². The number of rotatable bonds is 0. The Hall–Kier alpha value is -1.69. The van der Waals surface area contributed by atoms with Gasteiger partial charge < -0.3 is 5.73 Å². The molecule has 0 aliphatic heterocycles. The van der Waals surface area contributed by atoms with Crippen LogP contribution in [0.2, 0.25) is 0 Å². The number of hydrogen-bond donors (Lipinski definition) is 1. The minimum absolute atomic E-state index is 0.0869. The van der Waals surface area contributed by atoms with Crippen LogP contribution in [0.4, 0.5) is 4.39 Å². The number of nitrogens with zero attached hydrogens (tertiary/aromatic N) is 2. The third-order valence-corrected chi connectivity index (χ3v) is 2.42. The van der Waals surface area contributed by atoms with Gasteiger partial charge >= 0.3 is 5.69 Å². The fourth-order valence-corrected chi connectivity index (χ4v) is 1.75. The fraction of sp³-hybridized carbons (Fsp3) is 0.111. The number of halogens is 1. The molecule has 0 atom stereocenters. The first-order valence-electron chi connectivity index (χ1n) is 4.20. The molecule has 0 bridgehead atoms. The van der Waals surface area contributed by atoms with Crippen LogP contribution in [0.25, 0.3) is 11.0 Å². The lowest BCUT2D eigenvalue weighted by atomic mass is 10.3. The molecule has 0 saturated heterocycles. The molecule has 0 aliphatic rings. The van der Waals surface area contributed by atoms with Crippen molar-refractivity contribution >= 4 is 28.4 Å². The summed E-state index contributed by atoms with van der Waals surface area (Å²) < 4.78 is 15.7. The summed E-state index contributed by atoms with van der Waals surface area (Å²) in [6.07, 6.45) is 0. The molecule has 0 saturated carbocycles. The highest BCUT2D eigenvalue weighted by Gasteiger charge is 2.14. The zero-order chi connectivity index (χ0) is 11.2. The summed E-state index contributed by atoms with van der Waals surface area (Å²) in [7, 11) is 1.47. The normalized spacial score (nSPS) is 10.8. The smallest absolute Gasteiger partial charge is 0.335 e. The molecule has 4 nitrogen and oxygen atoms in total. The monoisotopic (exact) mass is 225 g/mol. The number of hydrogen-bond acceptors (Lipinski definition) is 2. The number of nitrogens with two attached hydrogens (primary N) is 1.